The molecule has 2 heterocycles. The minimum Gasteiger partial charge on any atom is -0.486 e. The Hall–Kier alpha value is -3.29. The summed E-state index contributed by atoms with van der Waals surface area (Å²) < 4.78 is 12.9. The van der Waals surface area contributed by atoms with Crippen molar-refractivity contribution in [1.82, 2.24) is 14.8 Å². The van der Waals surface area contributed by atoms with Crippen LogP contribution in [0.15, 0.2) is 65.3 Å². The van der Waals surface area contributed by atoms with Crippen molar-refractivity contribution in [3.63, 3.8) is 0 Å². The van der Waals surface area contributed by atoms with Crippen LogP contribution in [0, 0.1) is 0 Å². The van der Waals surface area contributed by atoms with Crippen LogP contribution in [0.4, 0.5) is 5.95 Å². The Morgan fingerprint density at radius 1 is 1.12 bits per heavy atom. The van der Waals surface area contributed by atoms with E-state index in [1.807, 2.05) is 30.3 Å². The highest BCUT2D eigenvalue weighted by Gasteiger charge is 2.14. The third-order valence-corrected chi connectivity index (χ3v) is 5.42. The molecule has 0 atom stereocenters. The van der Waals surface area contributed by atoms with Crippen LogP contribution in [0.25, 0.3) is 0 Å². The van der Waals surface area contributed by atoms with Gasteiger partial charge in [-0.05, 0) is 53.9 Å². The predicted octanol–water partition coefficient (Wildman–Crippen LogP) is 6.01. The number of carbonyl (C=O) groups is 1. The smallest absolute Gasteiger partial charge is 0.293 e. The second kappa shape index (κ2) is 10.6. The highest BCUT2D eigenvalue weighted by molar-refractivity contribution is 6.35. The van der Waals surface area contributed by atoms with Gasteiger partial charge in [-0.25, -0.2) is 9.67 Å². The number of amides is 1. The van der Waals surface area contributed by atoms with Crippen LogP contribution in [0.1, 0.15) is 40.8 Å². The van der Waals surface area contributed by atoms with Crippen molar-refractivity contribution < 1.29 is 13.9 Å². The summed E-state index contributed by atoms with van der Waals surface area (Å²) in [6.07, 6.45) is 3.65. The Bertz CT molecular complexity index is 1230. The lowest BCUT2D eigenvalue weighted by Gasteiger charge is -2.05. The van der Waals surface area contributed by atoms with Gasteiger partial charge in [-0.15, -0.1) is 5.10 Å². The van der Waals surface area contributed by atoms with E-state index in [0.717, 1.165) is 24.2 Å². The number of hydrogen-bond acceptors (Lipinski definition) is 5. The first-order chi connectivity index (χ1) is 16.0. The topological polar surface area (TPSA) is 82.2 Å². The molecule has 0 aliphatic rings. The first kappa shape index (κ1) is 22.9. The second-order valence-electron chi connectivity index (χ2n) is 7.40. The number of nitrogens with zero attached hydrogens (tertiary/aromatic N) is 3. The fourth-order valence-electron chi connectivity index (χ4n) is 3.19. The number of benzene rings is 2. The molecular formula is C24H22Cl2N4O3. The number of furan rings is 1. The maximum Gasteiger partial charge on any atom is 0.293 e. The largest absolute Gasteiger partial charge is 0.486 e. The Labute approximate surface area is 201 Å². The Balaban J connectivity index is 1.31. The minimum atomic E-state index is -0.451. The quantitative estimate of drug-likeness (QED) is 0.314. The zero-order valence-corrected chi connectivity index (χ0v) is 19.4. The number of ether oxygens (including phenoxy) is 1. The number of halogens is 2. The third kappa shape index (κ3) is 6.15. The molecule has 0 spiro atoms. The molecule has 0 fully saturated rings. The number of nitrogens with one attached hydrogen (secondary N) is 1. The van der Waals surface area contributed by atoms with Gasteiger partial charge in [-0.2, -0.15) is 0 Å². The van der Waals surface area contributed by atoms with Gasteiger partial charge in [-0.3, -0.25) is 10.1 Å². The predicted molar refractivity (Wildman–Crippen MR) is 127 cm³/mol. The van der Waals surface area contributed by atoms with Crippen molar-refractivity contribution in [3.8, 4) is 5.75 Å². The summed E-state index contributed by atoms with van der Waals surface area (Å²) in [7, 11) is 0. The first-order valence-corrected chi connectivity index (χ1v) is 11.2. The molecule has 4 rings (SSSR count). The third-order valence-electron chi connectivity index (χ3n) is 4.84. The van der Waals surface area contributed by atoms with Gasteiger partial charge in [0.15, 0.2) is 5.76 Å². The van der Waals surface area contributed by atoms with E-state index in [-0.39, 0.29) is 18.3 Å². The summed E-state index contributed by atoms with van der Waals surface area (Å²) in [5.41, 5.74) is 2.11. The number of rotatable bonds is 9. The molecular weight excluding hydrogens is 463 g/mol. The van der Waals surface area contributed by atoms with E-state index in [4.69, 9.17) is 32.4 Å². The molecule has 33 heavy (non-hydrogen) atoms. The number of hydrogen-bond donors (Lipinski definition) is 1. The van der Waals surface area contributed by atoms with Crippen molar-refractivity contribution in [1.29, 1.82) is 0 Å². The molecule has 0 aliphatic carbocycles. The fraction of sp³-hybridized carbons (Fsp3) is 0.208. The summed E-state index contributed by atoms with van der Waals surface area (Å²) in [6, 6.07) is 16.5. The van der Waals surface area contributed by atoms with E-state index in [0.29, 0.717) is 22.4 Å². The van der Waals surface area contributed by atoms with Crippen molar-refractivity contribution in [2.45, 2.75) is 32.9 Å². The molecule has 0 saturated carbocycles. The highest BCUT2D eigenvalue weighted by atomic mass is 35.5. The highest BCUT2D eigenvalue weighted by Crippen LogP contribution is 2.22. The van der Waals surface area contributed by atoms with E-state index in [1.54, 1.807) is 28.9 Å². The fourth-order valence-corrected chi connectivity index (χ4v) is 3.66. The maximum atomic E-state index is 12.5. The van der Waals surface area contributed by atoms with Crippen LogP contribution in [0.3, 0.4) is 0 Å². The number of aryl methyl sites for hydroxylation is 1. The zero-order valence-electron chi connectivity index (χ0n) is 17.9. The van der Waals surface area contributed by atoms with Gasteiger partial charge < -0.3 is 9.15 Å². The van der Waals surface area contributed by atoms with Crippen LogP contribution in [-0.4, -0.2) is 20.7 Å². The van der Waals surface area contributed by atoms with Gasteiger partial charge in [0, 0.05) is 10.0 Å². The van der Waals surface area contributed by atoms with Crippen molar-refractivity contribution in [3.05, 3.63) is 93.6 Å². The second-order valence-corrected chi connectivity index (χ2v) is 8.25. The SMILES string of the molecule is CCCc1ccc(OCc2ccc(C(=O)Nc3ncn(Cc4ccc(Cl)cc4Cl)n3)o2)cc1. The van der Waals surface area contributed by atoms with E-state index in [2.05, 4.69) is 22.3 Å². The molecule has 0 saturated heterocycles. The van der Waals surface area contributed by atoms with Crippen LogP contribution in [-0.2, 0) is 19.6 Å². The maximum absolute atomic E-state index is 12.5. The molecule has 7 nitrogen and oxygen atoms in total. The van der Waals surface area contributed by atoms with Crippen LogP contribution in [0.2, 0.25) is 10.0 Å². The van der Waals surface area contributed by atoms with E-state index in [1.165, 1.54) is 11.9 Å². The molecule has 0 aliphatic heterocycles. The molecule has 1 N–H and O–H groups in total. The molecule has 2 aromatic heterocycles. The van der Waals surface area contributed by atoms with E-state index in [9.17, 15) is 4.79 Å². The molecule has 9 heteroatoms. The van der Waals surface area contributed by atoms with Crippen LogP contribution in [0.5, 0.6) is 5.75 Å². The minimum absolute atomic E-state index is 0.143. The molecule has 170 valence electrons. The average molecular weight is 485 g/mol. The molecule has 0 radical (unpaired) electrons. The van der Waals surface area contributed by atoms with Gasteiger partial charge >= 0.3 is 0 Å². The molecule has 0 unspecified atom stereocenters. The standard InChI is InChI=1S/C24H22Cl2N4O3/c1-2-3-16-4-8-19(9-5-16)32-14-20-10-11-22(33-20)23(31)28-24-27-15-30(29-24)13-17-6-7-18(25)12-21(17)26/h4-12,15H,2-3,13-14H2,1H3,(H,28,29,31). The van der Waals surface area contributed by atoms with Crippen LogP contribution >= 0.6 is 23.2 Å². The van der Waals surface area contributed by atoms with Crippen molar-refractivity contribution >= 4 is 35.1 Å². The monoisotopic (exact) mass is 484 g/mol. The van der Waals surface area contributed by atoms with Gasteiger partial charge in [0.2, 0.25) is 5.95 Å². The number of anilines is 1. The number of carbonyl (C=O) groups excluding carboxylic acids is 1. The van der Waals surface area contributed by atoms with Gasteiger partial charge in [0.1, 0.15) is 24.4 Å². The lowest BCUT2D eigenvalue weighted by atomic mass is 10.1. The molecule has 0 bridgehead atoms. The van der Waals surface area contributed by atoms with E-state index < -0.39 is 5.91 Å². The molecule has 1 amide bonds. The Kier molecular flexibility index (Phi) is 7.32. The van der Waals surface area contributed by atoms with Gasteiger partial charge in [0.25, 0.3) is 5.91 Å². The summed E-state index contributed by atoms with van der Waals surface area (Å²) >= 11 is 12.1. The van der Waals surface area contributed by atoms with Crippen LogP contribution < -0.4 is 10.1 Å². The van der Waals surface area contributed by atoms with E-state index >= 15 is 0 Å². The Morgan fingerprint density at radius 2 is 1.94 bits per heavy atom. The number of aromatic nitrogens is 3. The van der Waals surface area contributed by atoms with Gasteiger partial charge in [-0.1, -0.05) is 54.7 Å². The Morgan fingerprint density at radius 3 is 2.70 bits per heavy atom. The molecule has 4 aromatic rings. The van der Waals surface area contributed by atoms with Gasteiger partial charge in [0.05, 0.1) is 6.54 Å². The summed E-state index contributed by atoms with van der Waals surface area (Å²) in [5.74, 6) is 1.13. The first-order valence-electron chi connectivity index (χ1n) is 10.5. The summed E-state index contributed by atoms with van der Waals surface area (Å²) in [6.45, 7) is 2.75. The van der Waals surface area contributed by atoms with Crippen molar-refractivity contribution in [2.24, 2.45) is 0 Å². The summed E-state index contributed by atoms with van der Waals surface area (Å²) in [4.78, 5) is 16.6. The molecule has 2 aromatic carbocycles. The summed E-state index contributed by atoms with van der Waals surface area (Å²) in [5, 5.41) is 7.97. The lowest BCUT2D eigenvalue weighted by Crippen LogP contribution is -2.12. The van der Waals surface area contributed by atoms with Crippen molar-refractivity contribution in [2.75, 3.05) is 5.32 Å². The average Bonchev–Trinajstić information content (AvgIpc) is 3.45. The zero-order chi connectivity index (χ0) is 23.2. The normalized spacial score (nSPS) is 10.9. The lowest BCUT2D eigenvalue weighted by molar-refractivity contribution is 0.0991.